The first-order valence-corrected chi connectivity index (χ1v) is 7.14. The number of nitrogens with one attached hydrogen (secondary N) is 2. The van der Waals surface area contributed by atoms with Crippen molar-refractivity contribution in [2.75, 3.05) is 45.8 Å². The first-order chi connectivity index (χ1) is 8.20. The second-order valence-electron chi connectivity index (χ2n) is 5.54. The van der Waals surface area contributed by atoms with E-state index >= 15 is 0 Å². The van der Waals surface area contributed by atoms with E-state index in [2.05, 4.69) is 6.92 Å². The van der Waals surface area contributed by atoms with Crippen molar-refractivity contribution in [2.24, 2.45) is 0 Å². The third kappa shape index (κ3) is 3.19. The molecular weight excluding hydrogens is 214 g/mol. The maximum atomic E-state index is 11.3. The molecule has 0 saturated carbocycles. The van der Waals surface area contributed by atoms with Crippen LogP contribution in [-0.2, 0) is 4.79 Å². The van der Waals surface area contributed by atoms with Gasteiger partial charge in [0.1, 0.15) is 26.2 Å². The maximum Gasteiger partial charge on any atom is 0.219 e. The Bertz CT molecular complexity index is 253. The molecule has 98 valence electrons. The molecule has 2 fully saturated rings. The van der Waals surface area contributed by atoms with E-state index in [0.29, 0.717) is 0 Å². The van der Waals surface area contributed by atoms with Crippen LogP contribution in [0.3, 0.4) is 0 Å². The Kier molecular flexibility index (Phi) is 4.40. The Balaban J connectivity index is 1.76. The predicted molar refractivity (Wildman–Crippen MR) is 67.2 cm³/mol. The van der Waals surface area contributed by atoms with Crippen LogP contribution in [0.4, 0.5) is 0 Å². The van der Waals surface area contributed by atoms with Crippen LogP contribution in [0.15, 0.2) is 0 Å². The summed E-state index contributed by atoms with van der Waals surface area (Å²) in [4.78, 5) is 16.8. The molecule has 0 aromatic carbocycles. The van der Waals surface area contributed by atoms with Gasteiger partial charge in [0.15, 0.2) is 0 Å². The number of piperazine rings is 1. The van der Waals surface area contributed by atoms with Crippen LogP contribution in [0.25, 0.3) is 0 Å². The van der Waals surface area contributed by atoms with Gasteiger partial charge in [0.2, 0.25) is 5.91 Å². The summed E-state index contributed by atoms with van der Waals surface area (Å²) in [6.45, 7) is 12.5. The zero-order valence-electron chi connectivity index (χ0n) is 11.3. The molecule has 0 bridgehead atoms. The summed E-state index contributed by atoms with van der Waals surface area (Å²) in [7, 11) is 0. The molecule has 4 heteroatoms. The molecule has 0 unspecified atom stereocenters. The molecule has 1 amide bonds. The number of rotatable bonds is 2. The van der Waals surface area contributed by atoms with Gasteiger partial charge in [-0.05, 0) is 6.92 Å². The molecule has 0 aliphatic carbocycles. The second-order valence-corrected chi connectivity index (χ2v) is 5.54. The molecule has 2 N–H and O–H groups in total. The maximum absolute atomic E-state index is 11.3. The molecular formula is C13H27N3O+2. The molecule has 2 saturated heterocycles. The highest BCUT2D eigenvalue weighted by atomic mass is 16.2. The zero-order chi connectivity index (χ0) is 12.3. The topological polar surface area (TPSA) is 29.2 Å². The van der Waals surface area contributed by atoms with Gasteiger partial charge < -0.3 is 14.7 Å². The molecule has 2 heterocycles. The lowest BCUT2D eigenvalue weighted by Gasteiger charge is -2.38. The molecule has 2 aliphatic rings. The van der Waals surface area contributed by atoms with E-state index in [0.717, 1.165) is 19.1 Å². The average Bonchev–Trinajstić information content (AvgIpc) is 2.39. The van der Waals surface area contributed by atoms with E-state index in [1.807, 2.05) is 4.90 Å². The molecule has 4 nitrogen and oxygen atoms in total. The highest BCUT2D eigenvalue weighted by molar-refractivity contribution is 5.73. The van der Waals surface area contributed by atoms with E-state index in [-0.39, 0.29) is 5.91 Å². The number of likely N-dealkylation sites (N-methyl/N-ethyl adjacent to an activating group) is 1. The van der Waals surface area contributed by atoms with Gasteiger partial charge in [-0.2, -0.15) is 0 Å². The molecule has 2 aliphatic heterocycles. The summed E-state index contributed by atoms with van der Waals surface area (Å²) in [6.07, 6.45) is 2.41. The quantitative estimate of drug-likeness (QED) is 0.565. The van der Waals surface area contributed by atoms with Gasteiger partial charge in [-0.1, -0.05) is 0 Å². The minimum Gasteiger partial charge on any atom is -0.342 e. The van der Waals surface area contributed by atoms with Crippen LogP contribution in [0, 0.1) is 0 Å². The predicted octanol–water partition coefficient (Wildman–Crippen LogP) is -2.20. The second kappa shape index (κ2) is 5.83. The summed E-state index contributed by atoms with van der Waals surface area (Å²) in [5.74, 6) is 0.249. The van der Waals surface area contributed by atoms with Crippen LogP contribution in [0.5, 0.6) is 0 Å². The largest absolute Gasteiger partial charge is 0.342 e. The molecule has 0 radical (unpaired) electrons. The lowest BCUT2D eigenvalue weighted by atomic mass is 10.0. The van der Waals surface area contributed by atoms with Crippen LogP contribution in [0.2, 0.25) is 0 Å². The first-order valence-electron chi connectivity index (χ1n) is 7.14. The molecule has 0 aromatic rings. The number of carbonyl (C=O) groups is 1. The Morgan fingerprint density at radius 3 is 2.24 bits per heavy atom. The monoisotopic (exact) mass is 241 g/mol. The zero-order valence-corrected chi connectivity index (χ0v) is 11.3. The minimum absolute atomic E-state index is 0.249. The number of nitrogens with zero attached hydrogens (tertiary/aromatic N) is 1. The number of piperidine rings is 1. The lowest BCUT2D eigenvalue weighted by Crippen LogP contribution is -3.29. The summed E-state index contributed by atoms with van der Waals surface area (Å²) in [5, 5.41) is 0. The fraction of sp³-hybridized carbons (Fsp3) is 0.923. The number of hydrogen-bond acceptors (Lipinski definition) is 1. The van der Waals surface area contributed by atoms with Gasteiger partial charge in [-0.25, -0.2) is 0 Å². The highest BCUT2D eigenvalue weighted by Gasteiger charge is 2.31. The Hall–Kier alpha value is -0.610. The third-order valence-corrected chi connectivity index (χ3v) is 4.62. The van der Waals surface area contributed by atoms with Gasteiger partial charge in [-0.3, -0.25) is 4.79 Å². The summed E-state index contributed by atoms with van der Waals surface area (Å²) in [6, 6.07) is 0.809. The fourth-order valence-corrected chi connectivity index (χ4v) is 3.29. The number of amides is 1. The Morgan fingerprint density at radius 1 is 1.18 bits per heavy atom. The normalized spacial score (nSPS) is 31.5. The van der Waals surface area contributed by atoms with Crippen molar-refractivity contribution in [1.29, 1.82) is 0 Å². The van der Waals surface area contributed by atoms with E-state index in [1.54, 1.807) is 16.7 Å². The number of carbonyl (C=O) groups excluding carboxylic acids is 1. The smallest absolute Gasteiger partial charge is 0.219 e. The minimum atomic E-state index is 0.249. The van der Waals surface area contributed by atoms with Gasteiger partial charge in [-0.15, -0.1) is 0 Å². The standard InChI is InChI=1S/C13H25N3O/c1-3-14-8-10-16(11-9-14)13-4-6-15(7-5-13)12(2)17/h13H,3-11H2,1-2H3/p+2. The highest BCUT2D eigenvalue weighted by Crippen LogP contribution is 2.07. The van der Waals surface area contributed by atoms with E-state index < -0.39 is 0 Å². The van der Waals surface area contributed by atoms with Gasteiger partial charge in [0, 0.05) is 32.9 Å². The number of hydrogen-bond donors (Lipinski definition) is 2. The van der Waals surface area contributed by atoms with Gasteiger partial charge in [0.05, 0.1) is 12.6 Å². The summed E-state index contributed by atoms with van der Waals surface area (Å²) >= 11 is 0. The van der Waals surface area contributed by atoms with Crippen molar-refractivity contribution >= 4 is 5.91 Å². The number of quaternary nitrogens is 2. The van der Waals surface area contributed by atoms with Crippen LogP contribution in [0.1, 0.15) is 26.7 Å². The van der Waals surface area contributed by atoms with Crippen molar-refractivity contribution in [3.8, 4) is 0 Å². The van der Waals surface area contributed by atoms with Gasteiger partial charge >= 0.3 is 0 Å². The Morgan fingerprint density at radius 2 is 1.76 bits per heavy atom. The molecule has 0 spiro atoms. The molecule has 2 rings (SSSR count). The lowest BCUT2D eigenvalue weighted by molar-refractivity contribution is -1.02. The van der Waals surface area contributed by atoms with Crippen molar-refractivity contribution in [1.82, 2.24) is 4.90 Å². The van der Waals surface area contributed by atoms with Crippen molar-refractivity contribution in [2.45, 2.75) is 32.7 Å². The van der Waals surface area contributed by atoms with E-state index in [9.17, 15) is 4.79 Å². The molecule has 17 heavy (non-hydrogen) atoms. The average molecular weight is 241 g/mol. The van der Waals surface area contributed by atoms with Crippen LogP contribution in [-0.4, -0.2) is 62.7 Å². The third-order valence-electron chi connectivity index (χ3n) is 4.62. The van der Waals surface area contributed by atoms with Crippen molar-refractivity contribution in [3.63, 3.8) is 0 Å². The summed E-state index contributed by atoms with van der Waals surface area (Å²) in [5.41, 5.74) is 0. The molecule has 0 atom stereocenters. The van der Waals surface area contributed by atoms with Gasteiger partial charge in [0.25, 0.3) is 0 Å². The molecule has 0 aromatic heterocycles. The Labute approximate surface area is 105 Å². The van der Waals surface area contributed by atoms with Crippen LogP contribution < -0.4 is 9.80 Å². The summed E-state index contributed by atoms with van der Waals surface area (Å²) < 4.78 is 0. The van der Waals surface area contributed by atoms with Crippen LogP contribution >= 0.6 is 0 Å². The number of likely N-dealkylation sites (tertiary alicyclic amines) is 1. The SMILES string of the molecule is CC[NH+]1CC[NH+](C2CCN(C(C)=O)CC2)CC1. The van der Waals surface area contributed by atoms with E-state index in [4.69, 9.17) is 0 Å². The first kappa shape index (κ1) is 12.8. The van der Waals surface area contributed by atoms with Crippen molar-refractivity contribution in [3.05, 3.63) is 0 Å². The fourth-order valence-electron chi connectivity index (χ4n) is 3.29. The van der Waals surface area contributed by atoms with E-state index in [1.165, 1.54) is 45.6 Å². The van der Waals surface area contributed by atoms with Crippen molar-refractivity contribution < 1.29 is 14.6 Å².